The SMILES string of the molecule is CCc1nc(CCN(C)C)nc2c1CNCC2. The Morgan fingerprint density at radius 3 is 2.82 bits per heavy atom. The molecular formula is C13H22N4. The summed E-state index contributed by atoms with van der Waals surface area (Å²) >= 11 is 0. The van der Waals surface area contributed by atoms with Crippen molar-refractivity contribution in [1.29, 1.82) is 0 Å². The molecule has 0 aliphatic carbocycles. The summed E-state index contributed by atoms with van der Waals surface area (Å²) in [5.74, 6) is 1.01. The van der Waals surface area contributed by atoms with E-state index < -0.39 is 0 Å². The summed E-state index contributed by atoms with van der Waals surface area (Å²) in [6.07, 6.45) is 2.99. The van der Waals surface area contributed by atoms with Crippen LogP contribution in [0.4, 0.5) is 0 Å². The van der Waals surface area contributed by atoms with Crippen LogP contribution in [0, 0.1) is 0 Å². The van der Waals surface area contributed by atoms with Crippen molar-refractivity contribution >= 4 is 0 Å². The minimum absolute atomic E-state index is 0.937. The molecule has 1 aromatic heterocycles. The highest BCUT2D eigenvalue weighted by Crippen LogP contribution is 2.16. The van der Waals surface area contributed by atoms with E-state index >= 15 is 0 Å². The number of aryl methyl sites for hydroxylation is 1. The van der Waals surface area contributed by atoms with Crippen LogP contribution in [-0.2, 0) is 25.8 Å². The monoisotopic (exact) mass is 234 g/mol. The van der Waals surface area contributed by atoms with Crippen LogP contribution in [0.2, 0.25) is 0 Å². The van der Waals surface area contributed by atoms with Crippen molar-refractivity contribution in [3.05, 3.63) is 22.8 Å². The zero-order valence-corrected chi connectivity index (χ0v) is 11.1. The van der Waals surface area contributed by atoms with Crippen LogP contribution in [0.1, 0.15) is 29.7 Å². The first-order chi connectivity index (χ1) is 8.20. The highest BCUT2D eigenvalue weighted by Gasteiger charge is 2.16. The van der Waals surface area contributed by atoms with Crippen LogP contribution in [0.25, 0.3) is 0 Å². The molecule has 4 heteroatoms. The highest BCUT2D eigenvalue weighted by molar-refractivity contribution is 5.28. The minimum atomic E-state index is 0.937. The Bertz CT molecular complexity index is 370. The number of fused-ring (bicyclic) bond motifs is 1. The summed E-state index contributed by atoms with van der Waals surface area (Å²) in [7, 11) is 4.17. The van der Waals surface area contributed by atoms with E-state index in [-0.39, 0.29) is 0 Å². The van der Waals surface area contributed by atoms with Crippen molar-refractivity contribution in [2.24, 2.45) is 0 Å². The number of nitrogens with zero attached hydrogens (tertiary/aromatic N) is 3. The summed E-state index contributed by atoms with van der Waals surface area (Å²) in [5.41, 5.74) is 3.84. The van der Waals surface area contributed by atoms with Gasteiger partial charge in [0.25, 0.3) is 0 Å². The fraction of sp³-hybridized carbons (Fsp3) is 0.692. The standard InChI is InChI=1S/C13H22N4/c1-4-11-10-9-14-7-5-12(10)16-13(15-11)6-8-17(2)3/h14H,4-9H2,1-3H3. The van der Waals surface area contributed by atoms with Gasteiger partial charge >= 0.3 is 0 Å². The predicted molar refractivity (Wildman–Crippen MR) is 69.1 cm³/mol. The lowest BCUT2D eigenvalue weighted by Gasteiger charge is -2.20. The van der Waals surface area contributed by atoms with Crippen LogP contribution >= 0.6 is 0 Å². The molecule has 2 heterocycles. The molecule has 17 heavy (non-hydrogen) atoms. The van der Waals surface area contributed by atoms with Gasteiger partial charge in [-0.3, -0.25) is 0 Å². The van der Waals surface area contributed by atoms with Crippen molar-refractivity contribution < 1.29 is 0 Å². The van der Waals surface area contributed by atoms with Crippen molar-refractivity contribution in [3.8, 4) is 0 Å². The van der Waals surface area contributed by atoms with Crippen molar-refractivity contribution in [2.45, 2.75) is 32.7 Å². The van der Waals surface area contributed by atoms with Gasteiger partial charge in [0.2, 0.25) is 0 Å². The molecule has 0 spiro atoms. The Hall–Kier alpha value is -1.00. The molecule has 0 unspecified atom stereocenters. The first-order valence-corrected chi connectivity index (χ1v) is 6.43. The third kappa shape index (κ3) is 3.01. The van der Waals surface area contributed by atoms with Crippen molar-refractivity contribution in [1.82, 2.24) is 20.2 Å². The van der Waals surface area contributed by atoms with Crippen LogP contribution in [0.5, 0.6) is 0 Å². The zero-order chi connectivity index (χ0) is 12.3. The van der Waals surface area contributed by atoms with Gasteiger partial charge in [0, 0.05) is 43.7 Å². The number of nitrogens with one attached hydrogen (secondary N) is 1. The Morgan fingerprint density at radius 1 is 1.29 bits per heavy atom. The number of rotatable bonds is 4. The van der Waals surface area contributed by atoms with Crippen LogP contribution < -0.4 is 5.32 Å². The van der Waals surface area contributed by atoms with Gasteiger partial charge in [-0.1, -0.05) is 6.92 Å². The molecule has 0 atom stereocenters. The average molecular weight is 234 g/mol. The Morgan fingerprint density at radius 2 is 2.12 bits per heavy atom. The molecule has 1 N–H and O–H groups in total. The summed E-state index contributed by atoms with van der Waals surface area (Å²) in [4.78, 5) is 11.6. The number of hydrogen-bond donors (Lipinski definition) is 1. The second kappa shape index (κ2) is 5.56. The molecule has 1 aliphatic rings. The fourth-order valence-electron chi connectivity index (χ4n) is 2.20. The first kappa shape index (κ1) is 12.5. The molecule has 94 valence electrons. The lowest BCUT2D eigenvalue weighted by molar-refractivity contribution is 0.408. The van der Waals surface area contributed by atoms with E-state index in [0.29, 0.717) is 0 Å². The molecule has 0 saturated carbocycles. The van der Waals surface area contributed by atoms with E-state index in [1.165, 1.54) is 17.0 Å². The van der Waals surface area contributed by atoms with Crippen LogP contribution in [0.15, 0.2) is 0 Å². The Labute approximate surface area is 103 Å². The molecule has 0 radical (unpaired) electrons. The third-order valence-corrected chi connectivity index (χ3v) is 3.18. The smallest absolute Gasteiger partial charge is 0.130 e. The molecule has 1 aromatic rings. The highest BCUT2D eigenvalue weighted by atomic mass is 15.1. The molecular weight excluding hydrogens is 212 g/mol. The first-order valence-electron chi connectivity index (χ1n) is 6.43. The molecule has 0 amide bonds. The van der Waals surface area contributed by atoms with Gasteiger partial charge in [-0.05, 0) is 20.5 Å². The third-order valence-electron chi connectivity index (χ3n) is 3.18. The van der Waals surface area contributed by atoms with Crippen LogP contribution in [-0.4, -0.2) is 42.1 Å². The lowest BCUT2D eigenvalue weighted by atomic mass is 10.0. The van der Waals surface area contributed by atoms with Gasteiger partial charge in [0.05, 0.1) is 5.69 Å². The molecule has 0 saturated heterocycles. The molecule has 0 aromatic carbocycles. The van der Waals surface area contributed by atoms with Gasteiger partial charge < -0.3 is 10.2 Å². The maximum atomic E-state index is 4.72. The van der Waals surface area contributed by atoms with Gasteiger partial charge in [-0.15, -0.1) is 0 Å². The molecule has 4 nitrogen and oxygen atoms in total. The van der Waals surface area contributed by atoms with Gasteiger partial charge in [0.15, 0.2) is 0 Å². The van der Waals surface area contributed by atoms with E-state index in [9.17, 15) is 0 Å². The van der Waals surface area contributed by atoms with Crippen LogP contribution in [0.3, 0.4) is 0 Å². The topological polar surface area (TPSA) is 41.1 Å². The molecule has 1 aliphatic heterocycles. The summed E-state index contributed by atoms with van der Waals surface area (Å²) in [5, 5.41) is 3.40. The fourth-order valence-corrected chi connectivity index (χ4v) is 2.20. The second-order valence-corrected chi connectivity index (χ2v) is 4.85. The van der Waals surface area contributed by atoms with Crippen molar-refractivity contribution in [3.63, 3.8) is 0 Å². The normalized spacial score (nSPS) is 15.1. The maximum Gasteiger partial charge on any atom is 0.130 e. The largest absolute Gasteiger partial charge is 0.312 e. The Balaban J connectivity index is 2.23. The summed E-state index contributed by atoms with van der Waals surface area (Å²) in [6.45, 7) is 5.17. The van der Waals surface area contributed by atoms with E-state index in [4.69, 9.17) is 9.97 Å². The maximum absolute atomic E-state index is 4.72. The Kier molecular flexibility index (Phi) is 4.07. The second-order valence-electron chi connectivity index (χ2n) is 4.85. The van der Waals surface area contributed by atoms with E-state index in [0.717, 1.165) is 44.7 Å². The van der Waals surface area contributed by atoms with E-state index in [1.807, 2.05) is 0 Å². The van der Waals surface area contributed by atoms with E-state index in [2.05, 4.69) is 31.2 Å². The van der Waals surface area contributed by atoms with Gasteiger partial charge in [-0.25, -0.2) is 9.97 Å². The molecule has 0 fully saturated rings. The summed E-state index contributed by atoms with van der Waals surface area (Å²) in [6, 6.07) is 0. The lowest BCUT2D eigenvalue weighted by Crippen LogP contribution is -2.27. The number of hydrogen-bond acceptors (Lipinski definition) is 4. The average Bonchev–Trinajstić information content (AvgIpc) is 2.35. The van der Waals surface area contributed by atoms with Gasteiger partial charge in [-0.2, -0.15) is 0 Å². The number of aromatic nitrogens is 2. The number of likely N-dealkylation sites (N-methyl/N-ethyl adjacent to an activating group) is 1. The zero-order valence-electron chi connectivity index (χ0n) is 11.1. The van der Waals surface area contributed by atoms with E-state index in [1.54, 1.807) is 0 Å². The molecule has 2 rings (SSSR count). The quantitative estimate of drug-likeness (QED) is 0.836. The van der Waals surface area contributed by atoms with Crippen molar-refractivity contribution in [2.75, 3.05) is 27.2 Å². The minimum Gasteiger partial charge on any atom is -0.312 e. The molecule has 0 bridgehead atoms. The predicted octanol–water partition coefficient (Wildman–Crippen LogP) is 0.789. The van der Waals surface area contributed by atoms with Gasteiger partial charge in [0.1, 0.15) is 5.82 Å². The summed E-state index contributed by atoms with van der Waals surface area (Å²) < 4.78 is 0.